The van der Waals surface area contributed by atoms with Crippen LogP contribution >= 0.6 is 0 Å². The lowest BCUT2D eigenvalue weighted by atomic mass is 10.1. The molecule has 0 aromatic carbocycles. The second-order valence-electron chi connectivity index (χ2n) is 3.54. The normalized spacial score (nSPS) is 13.0. The highest BCUT2D eigenvalue weighted by Gasteiger charge is 2.06. The molecule has 1 unspecified atom stereocenters. The molecule has 3 heteroatoms. The van der Waals surface area contributed by atoms with Crippen LogP contribution in [0.15, 0.2) is 18.3 Å². The van der Waals surface area contributed by atoms with E-state index in [1.165, 1.54) is 12.3 Å². The summed E-state index contributed by atoms with van der Waals surface area (Å²) in [7, 11) is 0. The first-order chi connectivity index (χ1) is 6.09. The molecule has 0 aliphatic heterocycles. The Balaban J connectivity index is 2.64. The molecule has 1 aromatic rings. The molecule has 1 atom stereocenters. The maximum absolute atomic E-state index is 12.7. The number of anilines is 1. The first kappa shape index (κ1) is 9.96. The average Bonchev–Trinajstić information content (AvgIpc) is 2.04. The van der Waals surface area contributed by atoms with E-state index in [4.69, 9.17) is 0 Å². The number of nitrogens with zero attached hydrogens (tertiary/aromatic N) is 1. The summed E-state index contributed by atoms with van der Waals surface area (Å²) in [4.78, 5) is 3.49. The first-order valence-corrected chi connectivity index (χ1v) is 4.47. The maximum atomic E-state index is 12.7. The molecule has 0 amide bonds. The number of halogens is 1. The molecule has 1 aromatic heterocycles. The predicted octanol–water partition coefficient (Wildman–Crippen LogP) is 2.68. The Bertz CT molecular complexity index is 273. The number of hydrogen-bond acceptors (Lipinski definition) is 2. The van der Waals surface area contributed by atoms with E-state index >= 15 is 0 Å². The molecule has 0 aliphatic carbocycles. The van der Waals surface area contributed by atoms with Crippen LogP contribution in [0.3, 0.4) is 0 Å². The molecule has 2 nitrogen and oxygen atoms in total. The van der Waals surface area contributed by atoms with Gasteiger partial charge in [0.25, 0.3) is 0 Å². The zero-order chi connectivity index (χ0) is 9.84. The molecular formula is C10H15FN2. The third-order valence-electron chi connectivity index (χ3n) is 2.12. The van der Waals surface area contributed by atoms with Gasteiger partial charge in [0, 0.05) is 24.0 Å². The van der Waals surface area contributed by atoms with Crippen LogP contribution in [0.25, 0.3) is 0 Å². The molecule has 0 aliphatic rings. The van der Waals surface area contributed by atoms with Gasteiger partial charge in [-0.25, -0.2) is 4.98 Å². The minimum atomic E-state index is -0.444. The highest BCUT2D eigenvalue weighted by Crippen LogP contribution is 2.11. The minimum absolute atomic E-state index is 0.335. The first-order valence-electron chi connectivity index (χ1n) is 4.47. The largest absolute Gasteiger partial charge is 0.382 e. The van der Waals surface area contributed by atoms with Crippen LogP contribution in [0.2, 0.25) is 0 Å². The Labute approximate surface area is 78.2 Å². The van der Waals surface area contributed by atoms with E-state index in [0.717, 1.165) is 5.69 Å². The van der Waals surface area contributed by atoms with Gasteiger partial charge in [0.2, 0.25) is 5.95 Å². The topological polar surface area (TPSA) is 24.9 Å². The highest BCUT2D eigenvalue weighted by atomic mass is 19.1. The zero-order valence-corrected chi connectivity index (χ0v) is 8.21. The average molecular weight is 182 g/mol. The van der Waals surface area contributed by atoms with Crippen molar-refractivity contribution in [2.24, 2.45) is 5.92 Å². The van der Waals surface area contributed by atoms with Crippen LogP contribution in [0.5, 0.6) is 0 Å². The second kappa shape index (κ2) is 4.21. The molecule has 1 N–H and O–H groups in total. The summed E-state index contributed by atoms with van der Waals surface area (Å²) in [6, 6.07) is 3.50. The second-order valence-corrected chi connectivity index (χ2v) is 3.54. The van der Waals surface area contributed by atoms with Crippen LogP contribution in [0.1, 0.15) is 20.8 Å². The Morgan fingerprint density at radius 2 is 2.08 bits per heavy atom. The van der Waals surface area contributed by atoms with Gasteiger partial charge in [0.1, 0.15) is 0 Å². The molecule has 0 bridgehead atoms. The molecular weight excluding hydrogens is 167 g/mol. The van der Waals surface area contributed by atoms with Crippen LogP contribution in [0.4, 0.5) is 10.1 Å². The Morgan fingerprint density at radius 3 is 2.62 bits per heavy atom. The van der Waals surface area contributed by atoms with Crippen LogP contribution < -0.4 is 5.32 Å². The lowest BCUT2D eigenvalue weighted by molar-refractivity contribution is 0.556. The van der Waals surface area contributed by atoms with E-state index in [2.05, 4.69) is 31.1 Å². The van der Waals surface area contributed by atoms with Crippen molar-refractivity contribution in [2.45, 2.75) is 26.8 Å². The minimum Gasteiger partial charge on any atom is -0.382 e. The molecule has 72 valence electrons. The summed E-state index contributed by atoms with van der Waals surface area (Å²) < 4.78 is 12.7. The monoisotopic (exact) mass is 182 g/mol. The smallest absolute Gasteiger partial charge is 0.214 e. The SMILES string of the molecule is CC(C)C(C)Nc1ccnc(F)c1. The molecule has 1 heterocycles. The third-order valence-corrected chi connectivity index (χ3v) is 2.12. The number of hydrogen-bond donors (Lipinski definition) is 1. The molecule has 0 spiro atoms. The van der Waals surface area contributed by atoms with Gasteiger partial charge >= 0.3 is 0 Å². The number of rotatable bonds is 3. The fourth-order valence-electron chi connectivity index (χ4n) is 0.922. The van der Waals surface area contributed by atoms with Gasteiger partial charge in [-0.2, -0.15) is 4.39 Å². The molecule has 1 rings (SSSR count). The third kappa shape index (κ3) is 3.01. The van der Waals surface area contributed by atoms with Crippen molar-refractivity contribution in [3.05, 3.63) is 24.3 Å². The van der Waals surface area contributed by atoms with Gasteiger partial charge in [0.15, 0.2) is 0 Å². The van der Waals surface area contributed by atoms with Crippen molar-refractivity contribution in [3.63, 3.8) is 0 Å². The van der Waals surface area contributed by atoms with Crippen molar-refractivity contribution >= 4 is 5.69 Å². The summed E-state index contributed by atoms with van der Waals surface area (Å²) >= 11 is 0. The van der Waals surface area contributed by atoms with Gasteiger partial charge in [-0.1, -0.05) is 13.8 Å². The van der Waals surface area contributed by atoms with E-state index in [-0.39, 0.29) is 0 Å². The van der Waals surface area contributed by atoms with E-state index in [0.29, 0.717) is 12.0 Å². The van der Waals surface area contributed by atoms with Crippen molar-refractivity contribution in [3.8, 4) is 0 Å². The molecule has 0 fully saturated rings. The predicted molar refractivity (Wildman–Crippen MR) is 52.1 cm³/mol. The maximum Gasteiger partial charge on any atom is 0.214 e. The summed E-state index contributed by atoms with van der Waals surface area (Å²) in [6.45, 7) is 6.31. The number of aromatic nitrogens is 1. The summed E-state index contributed by atoms with van der Waals surface area (Å²) in [6.07, 6.45) is 1.46. The number of nitrogens with one attached hydrogen (secondary N) is 1. The molecule has 13 heavy (non-hydrogen) atoms. The summed E-state index contributed by atoms with van der Waals surface area (Å²) in [5, 5.41) is 3.20. The van der Waals surface area contributed by atoms with Crippen molar-refractivity contribution in [1.82, 2.24) is 4.98 Å². The fraction of sp³-hybridized carbons (Fsp3) is 0.500. The van der Waals surface area contributed by atoms with Crippen molar-refractivity contribution < 1.29 is 4.39 Å². The van der Waals surface area contributed by atoms with Crippen LogP contribution in [-0.4, -0.2) is 11.0 Å². The van der Waals surface area contributed by atoms with E-state index < -0.39 is 5.95 Å². The molecule has 0 saturated carbocycles. The summed E-state index contributed by atoms with van der Waals surface area (Å²) in [5.74, 6) is 0.0807. The fourth-order valence-corrected chi connectivity index (χ4v) is 0.922. The zero-order valence-electron chi connectivity index (χ0n) is 8.21. The van der Waals surface area contributed by atoms with Gasteiger partial charge in [-0.3, -0.25) is 0 Å². The van der Waals surface area contributed by atoms with E-state index in [1.807, 2.05) is 0 Å². The van der Waals surface area contributed by atoms with E-state index in [1.54, 1.807) is 6.07 Å². The molecule has 0 radical (unpaired) electrons. The highest BCUT2D eigenvalue weighted by molar-refractivity contribution is 5.42. The van der Waals surface area contributed by atoms with Crippen molar-refractivity contribution in [1.29, 1.82) is 0 Å². The number of pyridine rings is 1. The van der Waals surface area contributed by atoms with Gasteiger partial charge in [-0.15, -0.1) is 0 Å². The van der Waals surface area contributed by atoms with Gasteiger partial charge in [-0.05, 0) is 18.9 Å². The van der Waals surface area contributed by atoms with Gasteiger partial charge < -0.3 is 5.32 Å². The Hall–Kier alpha value is -1.12. The quantitative estimate of drug-likeness (QED) is 0.727. The lowest BCUT2D eigenvalue weighted by Crippen LogP contribution is -2.21. The Morgan fingerprint density at radius 1 is 1.38 bits per heavy atom. The van der Waals surface area contributed by atoms with Gasteiger partial charge in [0.05, 0.1) is 0 Å². The summed E-state index contributed by atoms with van der Waals surface area (Å²) in [5.41, 5.74) is 0.786. The van der Waals surface area contributed by atoms with Crippen LogP contribution in [0, 0.1) is 11.9 Å². The standard InChI is InChI=1S/C10H15FN2/c1-7(2)8(3)13-9-4-5-12-10(11)6-9/h4-8H,1-3H3,(H,12,13). The van der Waals surface area contributed by atoms with Crippen LogP contribution in [-0.2, 0) is 0 Å². The van der Waals surface area contributed by atoms with E-state index in [9.17, 15) is 4.39 Å². The van der Waals surface area contributed by atoms with Crippen molar-refractivity contribution in [2.75, 3.05) is 5.32 Å². The molecule has 0 saturated heterocycles. The lowest BCUT2D eigenvalue weighted by Gasteiger charge is -2.18. The Kier molecular flexibility index (Phi) is 3.23.